The van der Waals surface area contributed by atoms with Gasteiger partial charge >= 0.3 is 7.12 Å². The van der Waals surface area contributed by atoms with E-state index in [0.717, 1.165) is 16.7 Å². The summed E-state index contributed by atoms with van der Waals surface area (Å²) < 4.78 is 14.2. The first kappa shape index (κ1) is 20.2. The highest BCUT2D eigenvalue weighted by Crippen LogP contribution is 2.37. The molecule has 2 heterocycles. The molecule has 4 nitrogen and oxygen atoms in total. The molecule has 3 rings (SSSR count). The zero-order valence-corrected chi connectivity index (χ0v) is 17.8. The van der Waals surface area contributed by atoms with Gasteiger partial charge in [0.15, 0.2) is 0 Å². The molecule has 6 heteroatoms. The fourth-order valence-electron chi connectivity index (χ4n) is 3.05. The second-order valence-electron chi connectivity index (χ2n) is 9.13. The lowest BCUT2D eigenvalue weighted by atomic mass is 9.79. The summed E-state index contributed by atoms with van der Waals surface area (Å²) in [6.07, 6.45) is 1.80. The molecular weight excluding hydrogens is 361 g/mol. The van der Waals surface area contributed by atoms with E-state index in [4.69, 9.17) is 20.9 Å². The van der Waals surface area contributed by atoms with Crippen LogP contribution >= 0.6 is 11.6 Å². The molecule has 0 amide bonds. The van der Waals surface area contributed by atoms with E-state index in [0.29, 0.717) is 5.02 Å². The summed E-state index contributed by atoms with van der Waals surface area (Å²) in [6, 6.07) is 9.51. The molecule has 1 aliphatic rings. The maximum atomic E-state index is 13.1. The third-order valence-electron chi connectivity index (χ3n) is 5.42. The summed E-state index contributed by atoms with van der Waals surface area (Å²) in [7, 11) is -0.637. The van der Waals surface area contributed by atoms with Gasteiger partial charge in [-0.25, -0.2) is 0 Å². The Morgan fingerprint density at radius 2 is 1.52 bits per heavy atom. The van der Waals surface area contributed by atoms with E-state index >= 15 is 0 Å². The second-order valence-corrected chi connectivity index (χ2v) is 9.57. The van der Waals surface area contributed by atoms with Gasteiger partial charge in [-0.2, -0.15) is 0 Å². The fraction of sp³-hybridized carbons (Fsp3) is 0.476. The molecule has 0 N–H and O–H groups in total. The number of carbonyl (C=O) groups is 1. The molecular formula is C21H27BClNO3. The molecule has 0 atom stereocenters. The highest BCUT2D eigenvalue weighted by atomic mass is 35.5. The zero-order valence-electron chi connectivity index (χ0n) is 17.1. The van der Waals surface area contributed by atoms with Gasteiger partial charge in [-0.3, -0.25) is 9.36 Å². The Morgan fingerprint density at radius 3 is 2.00 bits per heavy atom. The van der Waals surface area contributed by atoms with Gasteiger partial charge in [0.1, 0.15) is 0 Å². The molecule has 1 aromatic carbocycles. The van der Waals surface area contributed by atoms with Crippen molar-refractivity contribution in [2.45, 2.75) is 59.7 Å². The highest BCUT2D eigenvalue weighted by molar-refractivity contribution is 6.63. The number of carbonyl (C=O) groups excluding carboxylic acids is 1. The third kappa shape index (κ3) is 3.61. The van der Waals surface area contributed by atoms with Gasteiger partial charge in [0.2, 0.25) is 5.91 Å². The molecule has 0 spiro atoms. The van der Waals surface area contributed by atoms with E-state index in [1.165, 1.54) is 0 Å². The summed E-state index contributed by atoms with van der Waals surface area (Å²) in [4.78, 5) is 13.1. The molecule has 0 saturated carbocycles. The van der Waals surface area contributed by atoms with E-state index in [1.807, 2.05) is 78.8 Å². The molecule has 1 aromatic heterocycles. The second kappa shape index (κ2) is 6.51. The van der Waals surface area contributed by atoms with Crippen LogP contribution in [0.2, 0.25) is 5.02 Å². The molecule has 2 aromatic rings. The highest BCUT2D eigenvalue weighted by Gasteiger charge is 2.53. The Kier molecular flexibility index (Phi) is 4.86. The van der Waals surface area contributed by atoms with Crippen molar-refractivity contribution in [3.05, 3.63) is 41.6 Å². The number of hydrogen-bond donors (Lipinski definition) is 0. The van der Waals surface area contributed by atoms with Crippen molar-refractivity contribution in [3.63, 3.8) is 0 Å². The van der Waals surface area contributed by atoms with Crippen LogP contribution in [0.15, 0.2) is 36.5 Å². The summed E-state index contributed by atoms with van der Waals surface area (Å²) in [5.41, 5.74) is 1.07. The minimum absolute atomic E-state index is 0.00701. The first-order chi connectivity index (χ1) is 12.3. The largest absolute Gasteiger partial charge is 0.513 e. The molecule has 0 aliphatic carbocycles. The van der Waals surface area contributed by atoms with Crippen LogP contribution in [-0.4, -0.2) is 28.8 Å². The quantitative estimate of drug-likeness (QED) is 0.695. The topological polar surface area (TPSA) is 40.5 Å². The number of nitrogens with zero attached hydrogens (tertiary/aromatic N) is 1. The Bertz CT molecular complexity index is 847. The minimum Gasteiger partial charge on any atom is -0.398 e. The van der Waals surface area contributed by atoms with Crippen LogP contribution < -0.4 is 5.59 Å². The van der Waals surface area contributed by atoms with Crippen molar-refractivity contribution in [1.29, 1.82) is 0 Å². The number of rotatable bonds is 2. The zero-order chi connectivity index (χ0) is 20.2. The maximum Gasteiger partial charge on any atom is 0.513 e. The van der Waals surface area contributed by atoms with Crippen molar-refractivity contribution in [2.24, 2.45) is 5.41 Å². The monoisotopic (exact) mass is 387 g/mol. The van der Waals surface area contributed by atoms with Crippen LogP contribution in [0.1, 0.15) is 53.3 Å². The van der Waals surface area contributed by atoms with Crippen molar-refractivity contribution >= 4 is 30.2 Å². The van der Waals surface area contributed by atoms with Gasteiger partial charge in [-0.05, 0) is 57.0 Å². The molecule has 1 fully saturated rings. The Labute approximate surface area is 167 Å². The van der Waals surface area contributed by atoms with Crippen LogP contribution in [0.5, 0.6) is 0 Å². The fourth-order valence-corrected chi connectivity index (χ4v) is 3.18. The van der Waals surface area contributed by atoms with Gasteiger partial charge in [-0.15, -0.1) is 0 Å². The van der Waals surface area contributed by atoms with Gasteiger partial charge in [0.25, 0.3) is 0 Å². The summed E-state index contributed by atoms with van der Waals surface area (Å²) in [5, 5.41) is 0.668. The van der Waals surface area contributed by atoms with Crippen LogP contribution in [0, 0.1) is 5.41 Å². The molecule has 0 unspecified atom stereocenters. The lowest BCUT2D eigenvalue weighted by Crippen LogP contribution is -2.44. The smallest absolute Gasteiger partial charge is 0.398 e. The summed E-state index contributed by atoms with van der Waals surface area (Å²) >= 11 is 6.05. The van der Waals surface area contributed by atoms with E-state index in [-0.39, 0.29) is 5.91 Å². The van der Waals surface area contributed by atoms with Gasteiger partial charge in [-0.1, -0.05) is 44.5 Å². The van der Waals surface area contributed by atoms with Gasteiger partial charge in [0.05, 0.1) is 16.8 Å². The Morgan fingerprint density at radius 1 is 1.00 bits per heavy atom. The molecule has 144 valence electrons. The number of halogens is 1. The minimum atomic E-state index is -0.637. The number of aromatic nitrogens is 1. The van der Waals surface area contributed by atoms with Crippen molar-refractivity contribution in [1.82, 2.24) is 4.57 Å². The Balaban J connectivity index is 2.16. The van der Waals surface area contributed by atoms with E-state index in [1.54, 1.807) is 10.8 Å². The van der Waals surface area contributed by atoms with E-state index in [2.05, 4.69) is 0 Å². The normalized spacial score (nSPS) is 18.7. The van der Waals surface area contributed by atoms with E-state index in [9.17, 15) is 4.79 Å². The molecule has 0 bridgehead atoms. The SMILES string of the molecule is CC(C)(C)C(=O)n1ccc(-c2ccc(Cl)cc2)c1B1OC(C)(C)C(C)(C)O1. The van der Waals surface area contributed by atoms with Crippen molar-refractivity contribution in [3.8, 4) is 11.1 Å². The summed E-state index contributed by atoms with van der Waals surface area (Å²) in [6.45, 7) is 13.8. The molecule has 1 saturated heterocycles. The first-order valence-electron chi connectivity index (χ1n) is 9.21. The number of benzene rings is 1. The Hall–Kier alpha value is -1.56. The summed E-state index contributed by atoms with van der Waals surface area (Å²) in [5.74, 6) is -0.00701. The van der Waals surface area contributed by atoms with E-state index < -0.39 is 23.7 Å². The molecule has 0 radical (unpaired) electrons. The lowest BCUT2D eigenvalue weighted by Gasteiger charge is -2.32. The van der Waals surface area contributed by atoms with Crippen molar-refractivity contribution < 1.29 is 14.1 Å². The van der Waals surface area contributed by atoms with Crippen LogP contribution in [0.25, 0.3) is 11.1 Å². The van der Waals surface area contributed by atoms with Crippen LogP contribution in [0.4, 0.5) is 0 Å². The molecule has 27 heavy (non-hydrogen) atoms. The molecule has 1 aliphatic heterocycles. The average Bonchev–Trinajstić information content (AvgIpc) is 3.05. The van der Waals surface area contributed by atoms with Crippen LogP contribution in [0.3, 0.4) is 0 Å². The lowest BCUT2D eigenvalue weighted by molar-refractivity contribution is 0.00578. The standard InChI is InChI=1S/C21H27BClNO3/c1-19(2,3)18(25)24-13-12-16(14-8-10-15(23)11-9-14)17(24)22-26-20(4,5)21(6,7)27-22/h8-13H,1-7H3. The average molecular weight is 388 g/mol. The van der Waals surface area contributed by atoms with Gasteiger partial charge < -0.3 is 9.31 Å². The third-order valence-corrected chi connectivity index (χ3v) is 5.67. The van der Waals surface area contributed by atoms with Crippen LogP contribution in [-0.2, 0) is 9.31 Å². The van der Waals surface area contributed by atoms with Gasteiger partial charge in [0, 0.05) is 16.6 Å². The predicted molar refractivity (Wildman–Crippen MR) is 111 cm³/mol. The first-order valence-corrected chi connectivity index (χ1v) is 9.59. The number of hydrogen-bond acceptors (Lipinski definition) is 3. The predicted octanol–water partition coefficient (Wildman–Crippen LogP) is 4.79. The van der Waals surface area contributed by atoms with Crippen molar-refractivity contribution in [2.75, 3.05) is 0 Å². The maximum absolute atomic E-state index is 13.1.